The Kier molecular flexibility index (Phi) is 7.04. The van der Waals surface area contributed by atoms with Gasteiger partial charge in [0.25, 0.3) is 5.56 Å². The van der Waals surface area contributed by atoms with Crippen molar-refractivity contribution >= 4 is 27.9 Å². The quantitative estimate of drug-likeness (QED) is 0.302. The molecular weight excluding hydrogens is 543 g/mol. The van der Waals surface area contributed by atoms with E-state index < -0.39 is 0 Å². The summed E-state index contributed by atoms with van der Waals surface area (Å²) < 4.78 is 23.0. The van der Waals surface area contributed by atoms with Crippen molar-refractivity contribution in [2.75, 3.05) is 38.2 Å². The number of amides is 1. The molecule has 0 radical (unpaired) electrons. The first-order valence-corrected chi connectivity index (χ1v) is 14.2. The van der Waals surface area contributed by atoms with Crippen molar-refractivity contribution in [2.45, 2.75) is 20.3 Å². The number of fused-ring (bicyclic) bond motifs is 1. The number of rotatable bonds is 6. The molecule has 11 heteroatoms. The fraction of sp³-hybridized carbons (Fsp3) is 0.267. The van der Waals surface area contributed by atoms with Gasteiger partial charge >= 0.3 is 0 Å². The second-order valence-corrected chi connectivity index (χ2v) is 10.8. The molecule has 4 heterocycles. The van der Waals surface area contributed by atoms with Crippen LogP contribution < -0.4 is 15.2 Å². The zero-order chi connectivity index (χ0) is 28.7. The molecule has 9 nitrogen and oxygen atoms in total. The van der Waals surface area contributed by atoms with Crippen LogP contribution in [0.3, 0.4) is 0 Å². The number of carbonyl (C=O) groups is 1. The van der Waals surface area contributed by atoms with Crippen molar-refractivity contribution in [1.29, 1.82) is 0 Å². The Hall–Kier alpha value is -4.51. The lowest BCUT2D eigenvalue weighted by Gasteiger charge is -2.36. The Labute approximate surface area is 240 Å². The summed E-state index contributed by atoms with van der Waals surface area (Å²) in [7, 11) is 1.61. The Bertz CT molecular complexity index is 1820. The van der Waals surface area contributed by atoms with Gasteiger partial charge in [-0.15, -0.1) is 11.3 Å². The van der Waals surface area contributed by atoms with Crippen LogP contribution in [0.4, 0.5) is 10.1 Å². The van der Waals surface area contributed by atoms with Crippen LogP contribution >= 0.6 is 11.3 Å². The Morgan fingerprint density at radius 1 is 1.02 bits per heavy atom. The standard InChI is InChI=1S/C30H29FN6O3S/c1-19-16-23(33-37(19)25-10-6-7-11-26(25)40-3)28-20(2)32-30-36(29(28)39)21(18-41-30)17-27(38)35-14-12-34(13-15-35)24-9-5-4-8-22(24)31/h4-11,16,18H,12-15,17H2,1-3H3. The van der Waals surface area contributed by atoms with E-state index in [9.17, 15) is 14.0 Å². The zero-order valence-corrected chi connectivity index (χ0v) is 23.8. The largest absolute Gasteiger partial charge is 0.494 e. The first-order valence-electron chi connectivity index (χ1n) is 13.3. The number of thiazole rings is 1. The molecule has 5 aromatic rings. The Balaban J connectivity index is 1.27. The van der Waals surface area contributed by atoms with Crippen molar-refractivity contribution in [1.82, 2.24) is 24.1 Å². The number of ether oxygens (including phenoxy) is 1. The summed E-state index contributed by atoms with van der Waals surface area (Å²) in [5.74, 6) is 0.321. The summed E-state index contributed by atoms with van der Waals surface area (Å²) in [6, 6.07) is 16.1. The smallest absolute Gasteiger partial charge is 0.268 e. The molecule has 210 valence electrons. The molecule has 0 unspecified atom stereocenters. The van der Waals surface area contributed by atoms with E-state index in [0.29, 0.717) is 65.2 Å². The number of hydrogen-bond acceptors (Lipinski definition) is 7. The number of piperazine rings is 1. The molecule has 1 saturated heterocycles. The number of para-hydroxylation sites is 3. The molecule has 6 rings (SSSR count). The van der Waals surface area contributed by atoms with Crippen LogP contribution in [0.25, 0.3) is 21.9 Å². The van der Waals surface area contributed by atoms with Crippen molar-refractivity contribution in [2.24, 2.45) is 0 Å². The van der Waals surface area contributed by atoms with Gasteiger partial charge in [0.2, 0.25) is 5.91 Å². The number of hydrogen-bond donors (Lipinski definition) is 0. The van der Waals surface area contributed by atoms with Crippen LogP contribution in [-0.4, -0.2) is 63.3 Å². The highest BCUT2D eigenvalue weighted by atomic mass is 32.1. The lowest BCUT2D eigenvalue weighted by molar-refractivity contribution is -0.130. The Morgan fingerprint density at radius 3 is 2.46 bits per heavy atom. The maximum absolute atomic E-state index is 14.2. The zero-order valence-electron chi connectivity index (χ0n) is 23.0. The normalized spacial score (nSPS) is 13.7. The summed E-state index contributed by atoms with van der Waals surface area (Å²) in [4.78, 5) is 36.1. The van der Waals surface area contributed by atoms with E-state index in [1.165, 1.54) is 21.8 Å². The van der Waals surface area contributed by atoms with Gasteiger partial charge in [-0.2, -0.15) is 5.10 Å². The van der Waals surface area contributed by atoms with Crippen molar-refractivity contribution in [3.8, 4) is 22.7 Å². The number of halogens is 1. The topological polar surface area (TPSA) is 85.0 Å². The average molecular weight is 573 g/mol. The highest BCUT2D eigenvalue weighted by molar-refractivity contribution is 7.15. The maximum Gasteiger partial charge on any atom is 0.268 e. The second-order valence-electron chi connectivity index (χ2n) is 9.97. The van der Waals surface area contributed by atoms with E-state index in [0.717, 1.165) is 11.4 Å². The molecule has 1 aliphatic rings. The van der Waals surface area contributed by atoms with Gasteiger partial charge in [0.05, 0.1) is 30.5 Å². The molecule has 41 heavy (non-hydrogen) atoms. The number of methoxy groups -OCH3 is 1. The number of nitrogens with zero attached hydrogens (tertiary/aromatic N) is 6. The van der Waals surface area contributed by atoms with E-state index in [2.05, 4.69) is 0 Å². The van der Waals surface area contributed by atoms with E-state index in [1.807, 2.05) is 53.6 Å². The number of benzene rings is 2. The second kappa shape index (κ2) is 10.8. The van der Waals surface area contributed by atoms with Gasteiger partial charge in [-0.1, -0.05) is 24.3 Å². The van der Waals surface area contributed by atoms with Gasteiger partial charge in [-0.3, -0.25) is 14.0 Å². The molecule has 0 N–H and O–H groups in total. The summed E-state index contributed by atoms with van der Waals surface area (Å²) in [5, 5.41) is 6.57. The van der Waals surface area contributed by atoms with E-state index in [4.69, 9.17) is 14.8 Å². The molecule has 0 bridgehead atoms. The molecule has 3 aromatic heterocycles. The number of anilines is 1. The highest BCUT2D eigenvalue weighted by Crippen LogP contribution is 2.27. The fourth-order valence-electron chi connectivity index (χ4n) is 5.34. The summed E-state index contributed by atoms with van der Waals surface area (Å²) in [6.45, 7) is 5.75. The van der Waals surface area contributed by atoms with Gasteiger partial charge in [-0.05, 0) is 44.2 Å². The SMILES string of the molecule is COc1ccccc1-n1nc(-c2c(C)nc3scc(CC(=O)N4CCN(c5ccccc5F)CC4)n3c2=O)cc1C. The van der Waals surface area contributed by atoms with Crippen molar-refractivity contribution < 1.29 is 13.9 Å². The van der Waals surface area contributed by atoms with Gasteiger partial charge < -0.3 is 14.5 Å². The molecule has 1 fully saturated rings. The average Bonchev–Trinajstić information content (AvgIpc) is 3.56. The predicted molar refractivity (Wildman–Crippen MR) is 157 cm³/mol. The van der Waals surface area contributed by atoms with Gasteiger partial charge in [0.15, 0.2) is 4.96 Å². The summed E-state index contributed by atoms with van der Waals surface area (Å²) >= 11 is 1.33. The monoisotopic (exact) mass is 572 g/mol. The van der Waals surface area contributed by atoms with Crippen LogP contribution in [0, 0.1) is 19.7 Å². The minimum absolute atomic E-state index is 0.0679. The fourth-order valence-corrected chi connectivity index (χ4v) is 6.27. The molecule has 0 saturated carbocycles. The van der Waals surface area contributed by atoms with Gasteiger partial charge in [-0.25, -0.2) is 14.1 Å². The maximum atomic E-state index is 14.2. The third kappa shape index (κ3) is 4.86. The lowest BCUT2D eigenvalue weighted by atomic mass is 10.1. The molecular formula is C30H29FN6O3S. The van der Waals surface area contributed by atoms with Crippen LogP contribution in [0.2, 0.25) is 0 Å². The Morgan fingerprint density at radius 2 is 1.73 bits per heavy atom. The lowest BCUT2D eigenvalue weighted by Crippen LogP contribution is -2.49. The molecule has 0 atom stereocenters. The van der Waals surface area contributed by atoms with Gasteiger partial charge in [0.1, 0.15) is 22.9 Å². The first-order chi connectivity index (χ1) is 19.9. The van der Waals surface area contributed by atoms with Crippen LogP contribution in [-0.2, 0) is 11.2 Å². The van der Waals surface area contributed by atoms with E-state index >= 15 is 0 Å². The molecule has 1 amide bonds. The van der Waals surface area contributed by atoms with E-state index in [-0.39, 0.29) is 23.7 Å². The molecule has 0 aliphatic carbocycles. The number of carbonyl (C=O) groups excluding carboxylic acids is 1. The molecule has 0 spiro atoms. The van der Waals surface area contributed by atoms with Gasteiger partial charge in [0, 0.05) is 42.9 Å². The summed E-state index contributed by atoms with van der Waals surface area (Å²) in [5.41, 5.74) is 3.95. The predicted octanol–water partition coefficient (Wildman–Crippen LogP) is 4.26. The minimum Gasteiger partial charge on any atom is -0.494 e. The van der Waals surface area contributed by atoms with Crippen molar-refractivity contribution in [3.63, 3.8) is 0 Å². The first kappa shape index (κ1) is 26.7. The van der Waals surface area contributed by atoms with Crippen LogP contribution in [0.1, 0.15) is 17.1 Å². The van der Waals surface area contributed by atoms with Crippen LogP contribution in [0.15, 0.2) is 64.8 Å². The highest BCUT2D eigenvalue weighted by Gasteiger charge is 2.25. The van der Waals surface area contributed by atoms with Crippen LogP contribution in [0.5, 0.6) is 5.75 Å². The third-order valence-corrected chi connectivity index (χ3v) is 8.31. The van der Waals surface area contributed by atoms with E-state index in [1.54, 1.807) is 35.7 Å². The number of aryl methyl sites for hydroxylation is 2. The minimum atomic E-state index is -0.266. The number of aromatic nitrogens is 4. The molecule has 2 aromatic carbocycles. The van der Waals surface area contributed by atoms with Crippen molar-refractivity contribution in [3.05, 3.63) is 93.2 Å². The summed E-state index contributed by atoms with van der Waals surface area (Å²) in [6.07, 6.45) is 0.0679. The third-order valence-electron chi connectivity index (χ3n) is 7.44. The molecule has 1 aliphatic heterocycles.